The molecule has 1 aromatic carbocycles. The van der Waals surface area contributed by atoms with Crippen LogP contribution in [-0.2, 0) is 13.0 Å². The van der Waals surface area contributed by atoms with Crippen LogP contribution in [-0.4, -0.2) is 17.1 Å². The van der Waals surface area contributed by atoms with E-state index >= 15 is 0 Å². The highest BCUT2D eigenvalue weighted by molar-refractivity contribution is 5.89. The minimum Gasteiger partial charge on any atom is -0.478 e. The van der Waals surface area contributed by atoms with E-state index in [0.29, 0.717) is 18.2 Å². The predicted molar refractivity (Wildman–Crippen MR) is 53.4 cm³/mol. The molecule has 1 aliphatic heterocycles. The normalized spacial score (nSPS) is 20.2. The number of hydrogen-bond donors (Lipinski definition) is 2. The molecule has 3 nitrogen and oxygen atoms in total. The zero-order chi connectivity index (χ0) is 10.1. The van der Waals surface area contributed by atoms with Crippen LogP contribution in [0.4, 0.5) is 0 Å². The van der Waals surface area contributed by atoms with Crippen molar-refractivity contribution in [2.75, 3.05) is 0 Å². The lowest BCUT2D eigenvalue weighted by Crippen LogP contribution is -2.33. The van der Waals surface area contributed by atoms with E-state index in [1.54, 1.807) is 6.07 Å². The Morgan fingerprint density at radius 3 is 3.07 bits per heavy atom. The Bertz CT molecular complexity index is 374. The molecular weight excluding hydrogens is 178 g/mol. The van der Waals surface area contributed by atoms with Crippen molar-refractivity contribution in [3.8, 4) is 0 Å². The minimum absolute atomic E-state index is 0.432. The smallest absolute Gasteiger partial charge is 0.336 e. The molecule has 0 saturated heterocycles. The summed E-state index contributed by atoms with van der Waals surface area (Å²) in [4.78, 5) is 10.9. The lowest BCUT2D eigenvalue weighted by molar-refractivity contribution is 0.0695. The van der Waals surface area contributed by atoms with Gasteiger partial charge in [0.25, 0.3) is 0 Å². The van der Waals surface area contributed by atoms with Gasteiger partial charge in [-0.25, -0.2) is 4.79 Å². The van der Waals surface area contributed by atoms with Gasteiger partial charge < -0.3 is 10.4 Å². The molecule has 0 aliphatic carbocycles. The Morgan fingerprint density at radius 1 is 1.57 bits per heavy atom. The number of aromatic carboxylic acids is 1. The van der Waals surface area contributed by atoms with Gasteiger partial charge in [-0.05, 0) is 30.5 Å². The first-order valence-corrected chi connectivity index (χ1v) is 4.76. The van der Waals surface area contributed by atoms with Gasteiger partial charge in [-0.15, -0.1) is 0 Å². The van der Waals surface area contributed by atoms with Gasteiger partial charge in [0, 0.05) is 12.6 Å². The van der Waals surface area contributed by atoms with E-state index in [1.807, 2.05) is 12.1 Å². The third-order valence-electron chi connectivity index (χ3n) is 2.66. The fourth-order valence-corrected chi connectivity index (χ4v) is 1.91. The highest BCUT2D eigenvalue weighted by atomic mass is 16.4. The number of carboxylic acids is 1. The molecule has 0 fully saturated rings. The van der Waals surface area contributed by atoms with Crippen LogP contribution in [0, 0.1) is 0 Å². The van der Waals surface area contributed by atoms with Crippen LogP contribution < -0.4 is 5.32 Å². The van der Waals surface area contributed by atoms with Crippen LogP contribution >= 0.6 is 0 Å². The maximum absolute atomic E-state index is 10.9. The van der Waals surface area contributed by atoms with E-state index < -0.39 is 5.97 Å². The quantitative estimate of drug-likeness (QED) is 0.705. The molecule has 0 radical (unpaired) electrons. The fourth-order valence-electron chi connectivity index (χ4n) is 1.91. The topological polar surface area (TPSA) is 49.3 Å². The molecule has 0 saturated carbocycles. The molecule has 1 unspecified atom stereocenters. The summed E-state index contributed by atoms with van der Waals surface area (Å²) in [5, 5.41) is 12.2. The SMILES string of the molecule is CC1Cc2cccc(C(=O)O)c2CN1. The van der Waals surface area contributed by atoms with Crippen LogP contribution in [0.1, 0.15) is 28.4 Å². The van der Waals surface area contributed by atoms with Crippen molar-refractivity contribution in [3.05, 3.63) is 34.9 Å². The van der Waals surface area contributed by atoms with Crippen molar-refractivity contribution in [3.63, 3.8) is 0 Å². The summed E-state index contributed by atoms with van der Waals surface area (Å²) in [6, 6.07) is 5.93. The number of rotatable bonds is 1. The monoisotopic (exact) mass is 191 g/mol. The number of fused-ring (bicyclic) bond motifs is 1. The van der Waals surface area contributed by atoms with E-state index in [-0.39, 0.29) is 0 Å². The fraction of sp³-hybridized carbons (Fsp3) is 0.364. The predicted octanol–water partition coefficient (Wildman–Crippen LogP) is 1.42. The summed E-state index contributed by atoms with van der Waals surface area (Å²) in [5.74, 6) is -0.835. The van der Waals surface area contributed by atoms with Crippen molar-refractivity contribution in [1.29, 1.82) is 0 Å². The number of carboxylic acid groups (broad SMARTS) is 1. The second-order valence-corrected chi connectivity index (χ2v) is 3.73. The van der Waals surface area contributed by atoms with Crippen molar-refractivity contribution < 1.29 is 9.90 Å². The molecule has 2 N–H and O–H groups in total. The van der Waals surface area contributed by atoms with Gasteiger partial charge in [0.1, 0.15) is 0 Å². The van der Waals surface area contributed by atoms with E-state index in [9.17, 15) is 4.79 Å². The van der Waals surface area contributed by atoms with Gasteiger partial charge in [0.15, 0.2) is 0 Å². The van der Waals surface area contributed by atoms with Gasteiger partial charge in [0.2, 0.25) is 0 Å². The first-order valence-electron chi connectivity index (χ1n) is 4.76. The third kappa shape index (κ3) is 1.51. The number of hydrogen-bond acceptors (Lipinski definition) is 2. The number of nitrogens with one attached hydrogen (secondary N) is 1. The summed E-state index contributed by atoms with van der Waals surface area (Å²) in [7, 11) is 0. The molecular formula is C11H13NO2. The Kier molecular flexibility index (Phi) is 2.25. The molecule has 1 atom stereocenters. The number of benzene rings is 1. The first-order chi connectivity index (χ1) is 6.68. The second kappa shape index (κ2) is 3.42. The Morgan fingerprint density at radius 2 is 2.36 bits per heavy atom. The molecule has 0 amide bonds. The molecule has 14 heavy (non-hydrogen) atoms. The molecule has 0 aromatic heterocycles. The van der Waals surface area contributed by atoms with Crippen molar-refractivity contribution in [2.45, 2.75) is 25.9 Å². The lowest BCUT2D eigenvalue weighted by atomic mass is 9.93. The van der Waals surface area contributed by atoms with E-state index in [0.717, 1.165) is 17.5 Å². The summed E-state index contributed by atoms with van der Waals surface area (Å²) >= 11 is 0. The third-order valence-corrected chi connectivity index (χ3v) is 2.66. The van der Waals surface area contributed by atoms with Crippen LogP contribution in [0.25, 0.3) is 0 Å². The van der Waals surface area contributed by atoms with Crippen LogP contribution in [0.5, 0.6) is 0 Å². The standard InChI is InChI=1S/C11H13NO2/c1-7-5-8-3-2-4-9(11(13)14)10(8)6-12-7/h2-4,7,12H,5-6H2,1H3,(H,13,14). The molecule has 0 bridgehead atoms. The highest BCUT2D eigenvalue weighted by Gasteiger charge is 2.19. The van der Waals surface area contributed by atoms with Gasteiger partial charge >= 0.3 is 5.97 Å². The van der Waals surface area contributed by atoms with Crippen molar-refractivity contribution >= 4 is 5.97 Å². The molecule has 1 aromatic rings. The summed E-state index contributed by atoms with van der Waals surface area (Å²) in [5.41, 5.74) is 2.54. The van der Waals surface area contributed by atoms with Crippen LogP contribution in [0.15, 0.2) is 18.2 Å². The van der Waals surface area contributed by atoms with Crippen molar-refractivity contribution in [1.82, 2.24) is 5.32 Å². The van der Waals surface area contributed by atoms with Gasteiger partial charge in [-0.1, -0.05) is 12.1 Å². The average Bonchev–Trinajstić information content (AvgIpc) is 2.16. The van der Waals surface area contributed by atoms with E-state index in [2.05, 4.69) is 12.2 Å². The van der Waals surface area contributed by atoms with Crippen molar-refractivity contribution in [2.24, 2.45) is 0 Å². The second-order valence-electron chi connectivity index (χ2n) is 3.73. The molecule has 1 aliphatic rings. The molecule has 74 valence electrons. The lowest BCUT2D eigenvalue weighted by Gasteiger charge is -2.24. The minimum atomic E-state index is -0.835. The van der Waals surface area contributed by atoms with Crippen LogP contribution in [0.2, 0.25) is 0 Å². The van der Waals surface area contributed by atoms with Gasteiger partial charge in [-0.2, -0.15) is 0 Å². The molecule has 2 rings (SSSR count). The van der Waals surface area contributed by atoms with E-state index in [1.165, 1.54) is 0 Å². The molecule has 1 heterocycles. The van der Waals surface area contributed by atoms with Crippen LogP contribution in [0.3, 0.4) is 0 Å². The molecule has 3 heteroatoms. The largest absolute Gasteiger partial charge is 0.478 e. The Hall–Kier alpha value is -1.35. The summed E-state index contributed by atoms with van der Waals surface area (Å²) < 4.78 is 0. The number of carbonyl (C=O) groups is 1. The maximum Gasteiger partial charge on any atom is 0.336 e. The maximum atomic E-state index is 10.9. The Labute approximate surface area is 82.8 Å². The highest BCUT2D eigenvalue weighted by Crippen LogP contribution is 2.20. The molecule has 0 spiro atoms. The van der Waals surface area contributed by atoms with E-state index in [4.69, 9.17) is 5.11 Å². The zero-order valence-corrected chi connectivity index (χ0v) is 8.08. The first kappa shape index (κ1) is 9.21. The summed E-state index contributed by atoms with van der Waals surface area (Å²) in [6.45, 7) is 2.77. The van der Waals surface area contributed by atoms with Gasteiger partial charge in [-0.3, -0.25) is 0 Å². The Balaban J connectivity index is 2.46. The average molecular weight is 191 g/mol. The summed E-state index contributed by atoms with van der Waals surface area (Å²) in [6.07, 6.45) is 0.913. The van der Waals surface area contributed by atoms with Gasteiger partial charge in [0.05, 0.1) is 5.56 Å². The zero-order valence-electron chi connectivity index (χ0n) is 8.08.